The molecule has 0 aromatic heterocycles. The second-order valence-electron chi connectivity index (χ2n) is 5.66. The molecule has 2 rings (SSSR count). The molecule has 2 N–H and O–H groups in total. The third-order valence-electron chi connectivity index (χ3n) is 4.04. The molecule has 1 atom stereocenters. The molecule has 1 aliphatic rings. The summed E-state index contributed by atoms with van der Waals surface area (Å²) in [6.45, 7) is 2.99. The van der Waals surface area contributed by atoms with Crippen LogP contribution in [0.15, 0.2) is 18.2 Å². The van der Waals surface area contributed by atoms with E-state index in [4.69, 9.17) is 5.11 Å². The van der Waals surface area contributed by atoms with Gasteiger partial charge in [0.15, 0.2) is 0 Å². The van der Waals surface area contributed by atoms with Crippen molar-refractivity contribution in [3.05, 3.63) is 29.3 Å². The fourth-order valence-corrected chi connectivity index (χ4v) is 2.81. The number of carbonyl (C=O) groups excluding carboxylic acids is 1. The zero-order valence-electron chi connectivity index (χ0n) is 12.2. The fourth-order valence-electron chi connectivity index (χ4n) is 2.81. The second-order valence-corrected chi connectivity index (χ2v) is 5.66. The highest BCUT2D eigenvalue weighted by molar-refractivity contribution is 5.97. The molecule has 1 saturated heterocycles. The molecule has 0 spiro atoms. The summed E-state index contributed by atoms with van der Waals surface area (Å²) in [6.07, 6.45) is 2.57. The number of carboxylic acids is 1. The Hall–Kier alpha value is -2.04. The Morgan fingerprint density at radius 3 is 2.86 bits per heavy atom. The van der Waals surface area contributed by atoms with Crippen molar-refractivity contribution in [2.45, 2.75) is 32.6 Å². The maximum absolute atomic E-state index is 12.5. The molecule has 5 heteroatoms. The molecule has 0 saturated carbocycles. The lowest BCUT2D eigenvalue weighted by Crippen LogP contribution is -2.40. The van der Waals surface area contributed by atoms with Gasteiger partial charge in [-0.15, -0.1) is 0 Å². The molecular formula is C16H21NO4. The standard InChI is InChI=1S/C16H21NO4/c1-11-4-2-6-13(15(11)20)16(21)17-9-3-5-12(10-17)7-8-14(18)19/h2,4,6,12,20H,3,5,7-10H2,1H3,(H,18,19). The summed E-state index contributed by atoms with van der Waals surface area (Å²) in [7, 11) is 0. The third kappa shape index (κ3) is 3.74. The number of phenolic OH excluding ortho intramolecular Hbond substituents is 1. The third-order valence-corrected chi connectivity index (χ3v) is 4.04. The van der Waals surface area contributed by atoms with Gasteiger partial charge in [-0.25, -0.2) is 0 Å². The van der Waals surface area contributed by atoms with Crippen molar-refractivity contribution < 1.29 is 19.8 Å². The number of hydrogen-bond acceptors (Lipinski definition) is 3. The lowest BCUT2D eigenvalue weighted by Gasteiger charge is -2.33. The summed E-state index contributed by atoms with van der Waals surface area (Å²) in [4.78, 5) is 24.9. The average Bonchev–Trinajstić information content (AvgIpc) is 2.47. The number of carbonyl (C=O) groups is 2. The number of piperidine rings is 1. The van der Waals surface area contributed by atoms with E-state index in [-0.39, 0.29) is 24.0 Å². The Bertz CT molecular complexity index is 541. The zero-order valence-corrected chi connectivity index (χ0v) is 12.2. The largest absolute Gasteiger partial charge is 0.507 e. The van der Waals surface area contributed by atoms with Crippen molar-refractivity contribution in [2.24, 2.45) is 5.92 Å². The van der Waals surface area contributed by atoms with Crippen LogP contribution in [0.3, 0.4) is 0 Å². The van der Waals surface area contributed by atoms with Crippen LogP contribution in [0.5, 0.6) is 5.75 Å². The average molecular weight is 291 g/mol. The normalized spacial score (nSPS) is 18.5. The molecule has 1 aromatic rings. The summed E-state index contributed by atoms with van der Waals surface area (Å²) in [6, 6.07) is 5.15. The fraction of sp³-hybridized carbons (Fsp3) is 0.500. The molecule has 0 bridgehead atoms. The summed E-state index contributed by atoms with van der Waals surface area (Å²) >= 11 is 0. The van der Waals surface area contributed by atoms with E-state index < -0.39 is 5.97 Å². The smallest absolute Gasteiger partial charge is 0.303 e. The van der Waals surface area contributed by atoms with Crippen molar-refractivity contribution >= 4 is 11.9 Å². The zero-order chi connectivity index (χ0) is 15.4. The van der Waals surface area contributed by atoms with Crippen molar-refractivity contribution in [3.63, 3.8) is 0 Å². The van der Waals surface area contributed by atoms with Crippen molar-refractivity contribution in [1.82, 2.24) is 4.90 Å². The van der Waals surface area contributed by atoms with Crippen LogP contribution < -0.4 is 0 Å². The predicted octanol–water partition coefficient (Wildman–Crippen LogP) is 2.42. The van der Waals surface area contributed by atoms with Gasteiger partial charge in [-0.2, -0.15) is 0 Å². The number of aliphatic carboxylic acids is 1. The predicted molar refractivity (Wildman–Crippen MR) is 78.3 cm³/mol. The van der Waals surface area contributed by atoms with Crippen molar-refractivity contribution in [3.8, 4) is 5.75 Å². The number of likely N-dealkylation sites (tertiary alicyclic amines) is 1. The summed E-state index contributed by atoms with van der Waals surface area (Å²) in [5, 5.41) is 18.8. The monoisotopic (exact) mass is 291 g/mol. The van der Waals surface area contributed by atoms with Gasteiger partial charge in [0.05, 0.1) is 5.56 Å². The lowest BCUT2D eigenvalue weighted by atomic mass is 9.93. The van der Waals surface area contributed by atoms with Crippen LogP contribution in [0.1, 0.15) is 41.6 Å². The van der Waals surface area contributed by atoms with E-state index in [0.29, 0.717) is 30.6 Å². The first-order valence-corrected chi connectivity index (χ1v) is 7.28. The van der Waals surface area contributed by atoms with E-state index in [2.05, 4.69) is 0 Å². The van der Waals surface area contributed by atoms with Crippen LogP contribution in [-0.2, 0) is 4.79 Å². The number of benzene rings is 1. The number of hydrogen-bond donors (Lipinski definition) is 2. The van der Waals surface area contributed by atoms with Crippen LogP contribution >= 0.6 is 0 Å². The maximum Gasteiger partial charge on any atom is 0.303 e. The van der Waals surface area contributed by atoms with Gasteiger partial charge in [0.2, 0.25) is 0 Å². The van der Waals surface area contributed by atoms with Crippen LogP contribution in [0.2, 0.25) is 0 Å². The molecule has 1 aromatic carbocycles. The van der Waals surface area contributed by atoms with Gasteiger partial charge in [-0.1, -0.05) is 12.1 Å². The summed E-state index contributed by atoms with van der Waals surface area (Å²) < 4.78 is 0. The molecule has 114 valence electrons. The first-order valence-electron chi connectivity index (χ1n) is 7.28. The Kier molecular flexibility index (Phi) is 4.83. The molecule has 1 heterocycles. The number of phenols is 1. The Morgan fingerprint density at radius 1 is 1.38 bits per heavy atom. The molecule has 0 aliphatic carbocycles. The maximum atomic E-state index is 12.5. The first-order chi connectivity index (χ1) is 9.99. The van der Waals surface area contributed by atoms with Gasteiger partial charge in [-0.05, 0) is 43.7 Å². The van der Waals surface area contributed by atoms with E-state index in [1.165, 1.54) is 0 Å². The SMILES string of the molecule is Cc1cccc(C(=O)N2CCCC(CCC(=O)O)C2)c1O. The van der Waals surface area contributed by atoms with Gasteiger partial charge < -0.3 is 15.1 Å². The highest BCUT2D eigenvalue weighted by atomic mass is 16.4. The van der Waals surface area contributed by atoms with Gasteiger partial charge in [0, 0.05) is 19.5 Å². The molecule has 1 unspecified atom stereocenters. The van der Waals surface area contributed by atoms with Crippen LogP contribution in [0.4, 0.5) is 0 Å². The minimum absolute atomic E-state index is 0.0372. The van der Waals surface area contributed by atoms with Gasteiger partial charge in [0.1, 0.15) is 5.75 Å². The molecule has 1 amide bonds. The number of carboxylic acid groups (broad SMARTS) is 1. The highest BCUT2D eigenvalue weighted by Gasteiger charge is 2.26. The number of aromatic hydroxyl groups is 1. The molecule has 21 heavy (non-hydrogen) atoms. The van der Waals surface area contributed by atoms with E-state index in [1.54, 1.807) is 30.0 Å². The van der Waals surface area contributed by atoms with E-state index in [1.807, 2.05) is 0 Å². The number of aryl methyl sites for hydroxylation is 1. The van der Waals surface area contributed by atoms with Crippen molar-refractivity contribution in [1.29, 1.82) is 0 Å². The Balaban J connectivity index is 2.05. The number of para-hydroxylation sites is 1. The lowest BCUT2D eigenvalue weighted by molar-refractivity contribution is -0.137. The van der Waals surface area contributed by atoms with Gasteiger partial charge >= 0.3 is 5.97 Å². The number of rotatable bonds is 4. The minimum Gasteiger partial charge on any atom is -0.507 e. The summed E-state index contributed by atoms with van der Waals surface area (Å²) in [5.74, 6) is -0.702. The summed E-state index contributed by atoms with van der Waals surface area (Å²) in [5.41, 5.74) is 1.01. The molecule has 1 fully saturated rings. The number of amides is 1. The molecule has 5 nitrogen and oxygen atoms in total. The molecule has 1 aliphatic heterocycles. The van der Waals surface area contributed by atoms with Crippen LogP contribution in [0, 0.1) is 12.8 Å². The first kappa shape index (κ1) is 15.4. The van der Waals surface area contributed by atoms with E-state index in [0.717, 1.165) is 12.8 Å². The molecular weight excluding hydrogens is 270 g/mol. The Morgan fingerprint density at radius 2 is 2.14 bits per heavy atom. The quantitative estimate of drug-likeness (QED) is 0.893. The topological polar surface area (TPSA) is 77.8 Å². The van der Waals surface area contributed by atoms with E-state index in [9.17, 15) is 14.7 Å². The van der Waals surface area contributed by atoms with Gasteiger partial charge in [0.25, 0.3) is 5.91 Å². The minimum atomic E-state index is -0.797. The van der Waals surface area contributed by atoms with Crippen LogP contribution in [-0.4, -0.2) is 40.1 Å². The Labute approximate surface area is 124 Å². The molecule has 0 radical (unpaired) electrons. The second kappa shape index (κ2) is 6.61. The van der Waals surface area contributed by atoms with Crippen LogP contribution in [0.25, 0.3) is 0 Å². The van der Waals surface area contributed by atoms with Gasteiger partial charge in [-0.3, -0.25) is 9.59 Å². The highest BCUT2D eigenvalue weighted by Crippen LogP contribution is 2.26. The van der Waals surface area contributed by atoms with E-state index >= 15 is 0 Å². The van der Waals surface area contributed by atoms with Crippen molar-refractivity contribution in [2.75, 3.05) is 13.1 Å². The number of nitrogens with zero attached hydrogens (tertiary/aromatic N) is 1.